The second-order valence-corrected chi connectivity index (χ2v) is 5.64. The van der Waals surface area contributed by atoms with E-state index in [0.29, 0.717) is 18.1 Å². The first-order valence-electron chi connectivity index (χ1n) is 6.50. The largest absolute Gasteiger partial charge is 0.311 e. The molecule has 0 spiro atoms. The SMILES string of the molecule is CC(C)NC1CCCN(C(C)C)CC1C. The van der Waals surface area contributed by atoms with Crippen molar-refractivity contribution in [3.8, 4) is 0 Å². The molecule has 1 N–H and O–H groups in total. The average molecular weight is 212 g/mol. The Kier molecular flexibility index (Phi) is 5.07. The van der Waals surface area contributed by atoms with Gasteiger partial charge >= 0.3 is 0 Å². The average Bonchev–Trinajstić information content (AvgIpc) is 2.28. The molecule has 0 aromatic carbocycles. The number of nitrogens with zero attached hydrogens (tertiary/aromatic N) is 1. The first-order chi connectivity index (χ1) is 7.00. The molecule has 2 heteroatoms. The highest BCUT2D eigenvalue weighted by molar-refractivity contribution is 4.82. The molecule has 0 aliphatic carbocycles. The molecule has 90 valence electrons. The molecule has 1 rings (SSSR count). The van der Waals surface area contributed by atoms with E-state index in [0.717, 1.165) is 5.92 Å². The van der Waals surface area contributed by atoms with Crippen molar-refractivity contribution in [3.05, 3.63) is 0 Å². The van der Waals surface area contributed by atoms with Crippen LogP contribution in [0.1, 0.15) is 47.5 Å². The normalized spacial score (nSPS) is 29.8. The number of likely N-dealkylation sites (tertiary alicyclic amines) is 1. The molecular formula is C13H28N2. The molecule has 2 atom stereocenters. The Morgan fingerprint density at radius 1 is 1.20 bits per heavy atom. The molecule has 0 radical (unpaired) electrons. The van der Waals surface area contributed by atoms with Crippen LogP contribution in [0.25, 0.3) is 0 Å². The molecule has 0 aromatic rings. The van der Waals surface area contributed by atoms with E-state index in [4.69, 9.17) is 0 Å². The minimum Gasteiger partial charge on any atom is -0.311 e. The molecule has 0 saturated carbocycles. The standard InChI is InChI=1S/C13H28N2/c1-10(2)14-13-7-6-8-15(11(3)4)9-12(13)5/h10-14H,6-9H2,1-5H3. The van der Waals surface area contributed by atoms with Crippen molar-refractivity contribution >= 4 is 0 Å². The molecule has 0 amide bonds. The van der Waals surface area contributed by atoms with Crippen molar-refractivity contribution in [3.63, 3.8) is 0 Å². The quantitative estimate of drug-likeness (QED) is 0.773. The van der Waals surface area contributed by atoms with Crippen LogP contribution in [0.2, 0.25) is 0 Å². The van der Waals surface area contributed by atoms with Gasteiger partial charge in [0.1, 0.15) is 0 Å². The van der Waals surface area contributed by atoms with E-state index in [9.17, 15) is 0 Å². The van der Waals surface area contributed by atoms with Crippen LogP contribution in [0.4, 0.5) is 0 Å². The van der Waals surface area contributed by atoms with Crippen LogP contribution in [0.15, 0.2) is 0 Å². The Morgan fingerprint density at radius 3 is 2.40 bits per heavy atom. The van der Waals surface area contributed by atoms with Gasteiger partial charge < -0.3 is 10.2 Å². The van der Waals surface area contributed by atoms with Crippen molar-refractivity contribution in [1.29, 1.82) is 0 Å². The number of nitrogens with one attached hydrogen (secondary N) is 1. The van der Waals surface area contributed by atoms with Gasteiger partial charge in [0, 0.05) is 24.7 Å². The van der Waals surface area contributed by atoms with E-state index in [2.05, 4.69) is 44.8 Å². The van der Waals surface area contributed by atoms with E-state index in [1.807, 2.05) is 0 Å². The van der Waals surface area contributed by atoms with Gasteiger partial charge in [0.05, 0.1) is 0 Å². The fourth-order valence-corrected chi connectivity index (χ4v) is 2.53. The minimum absolute atomic E-state index is 0.614. The lowest BCUT2D eigenvalue weighted by molar-refractivity contribution is 0.198. The number of hydrogen-bond donors (Lipinski definition) is 1. The van der Waals surface area contributed by atoms with E-state index in [1.165, 1.54) is 25.9 Å². The lowest BCUT2D eigenvalue weighted by atomic mass is 9.98. The molecular weight excluding hydrogens is 184 g/mol. The molecule has 0 bridgehead atoms. The van der Waals surface area contributed by atoms with Gasteiger partial charge in [-0.25, -0.2) is 0 Å². The van der Waals surface area contributed by atoms with Gasteiger partial charge in [-0.1, -0.05) is 20.8 Å². The third-order valence-corrected chi connectivity index (χ3v) is 3.45. The van der Waals surface area contributed by atoms with Crippen molar-refractivity contribution < 1.29 is 0 Å². The van der Waals surface area contributed by atoms with Crippen LogP contribution in [0, 0.1) is 5.92 Å². The molecule has 1 heterocycles. The van der Waals surface area contributed by atoms with Crippen LogP contribution >= 0.6 is 0 Å². The summed E-state index contributed by atoms with van der Waals surface area (Å²) in [6.07, 6.45) is 2.68. The molecule has 2 nitrogen and oxygen atoms in total. The number of rotatable bonds is 3. The van der Waals surface area contributed by atoms with Crippen molar-refractivity contribution in [2.24, 2.45) is 5.92 Å². The van der Waals surface area contributed by atoms with Gasteiger partial charge in [-0.15, -0.1) is 0 Å². The molecule has 2 unspecified atom stereocenters. The Bertz CT molecular complexity index is 177. The van der Waals surface area contributed by atoms with Gasteiger partial charge in [-0.2, -0.15) is 0 Å². The van der Waals surface area contributed by atoms with Crippen LogP contribution in [0.3, 0.4) is 0 Å². The number of hydrogen-bond acceptors (Lipinski definition) is 2. The third-order valence-electron chi connectivity index (χ3n) is 3.45. The molecule has 15 heavy (non-hydrogen) atoms. The second kappa shape index (κ2) is 5.86. The molecule has 1 aliphatic heterocycles. The lowest BCUT2D eigenvalue weighted by Gasteiger charge is -2.29. The fraction of sp³-hybridized carbons (Fsp3) is 1.00. The monoisotopic (exact) mass is 212 g/mol. The zero-order valence-corrected chi connectivity index (χ0v) is 11.1. The maximum atomic E-state index is 3.70. The van der Waals surface area contributed by atoms with Gasteiger partial charge in [0.2, 0.25) is 0 Å². The van der Waals surface area contributed by atoms with Crippen molar-refractivity contribution in [2.75, 3.05) is 13.1 Å². The summed E-state index contributed by atoms with van der Waals surface area (Å²) in [4.78, 5) is 2.62. The Morgan fingerprint density at radius 2 is 1.87 bits per heavy atom. The summed E-state index contributed by atoms with van der Waals surface area (Å²) in [6.45, 7) is 14.0. The molecule has 0 aromatic heterocycles. The van der Waals surface area contributed by atoms with E-state index >= 15 is 0 Å². The first-order valence-corrected chi connectivity index (χ1v) is 6.50. The predicted octanol–water partition coefficient (Wildman–Crippen LogP) is 2.49. The van der Waals surface area contributed by atoms with E-state index in [1.54, 1.807) is 0 Å². The minimum atomic E-state index is 0.614. The Balaban J connectivity index is 2.50. The third kappa shape index (κ3) is 4.12. The van der Waals surface area contributed by atoms with Gasteiger partial charge in [0.15, 0.2) is 0 Å². The second-order valence-electron chi connectivity index (χ2n) is 5.64. The maximum absolute atomic E-state index is 3.70. The Labute approximate surface area is 95.4 Å². The summed E-state index contributed by atoms with van der Waals surface area (Å²) >= 11 is 0. The highest BCUT2D eigenvalue weighted by Gasteiger charge is 2.24. The van der Waals surface area contributed by atoms with Gasteiger partial charge in [0.25, 0.3) is 0 Å². The summed E-state index contributed by atoms with van der Waals surface area (Å²) in [5.41, 5.74) is 0. The zero-order chi connectivity index (χ0) is 11.4. The maximum Gasteiger partial charge on any atom is 0.0108 e. The van der Waals surface area contributed by atoms with Crippen molar-refractivity contribution in [2.45, 2.75) is 65.6 Å². The van der Waals surface area contributed by atoms with E-state index < -0.39 is 0 Å². The van der Waals surface area contributed by atoms with Crippen LogP contribution in [-0.4, -0.2) is 36.1 Å². The molecule has 1 saturated heterocycles. The highest BCUT2D eigenvalue weighted by Crippen LogP contribution is 2.18. The van der Waals surface area contributed by atoms with Gasteiger partial charge in [-0.3, -0.25) is 0 Å². The van der Waals surface area contributed by atoms with Crippen LogP contribution in [0.5, 0.6) is 0 Å². The summed E-state index contributed by atoms with van der Waals surface area (Å²) < 4.78 is 0. The van der Waals surface area contributed by atoms with Gasteiger partial charge in [-0.05, 0) is 39.2 Å². The summed E-state index contributed by atoms with van der Waals surface area (Å²) in [7, 11) is 0. The van der Waals surface area contributed by atoms with Crippen LogP contribution in [-0.2, 0) is 0 Å². The van der Waals surface area contributed by atoms with E-state index in [-0.39, 0.29) is 0 Å². The van der Waals surface area contributed by atoms with Crippen molar-refractivity contribution in [1.82, 2.24) is 10.2 Å². The fourth-order valence-electron chi connectivity index (χ4n) is 2.53. The zero-order valence-electron chi connectivity index (χ0n) is 11.1. The first kappa shape index (κ1) is 13.0. The highest BCUT2D eigenvalue weighted by atomic mass is 15.2. The topological polar surface area (TPSA) is 15.3 Å². The predicted molar refractivity (Wildman–Crippen MR) is 67.2 cm³/mol. The molecule has 1 fully saturated rings. The molecule has 1 aliphatic rings. The lowest BCUT2D eigenvalue weighted by Crippen LogP contribution is -2.42. The summed E-state index contributed by atoms with van der Waals surface area (Å²) in [6, 6.07) is 2.03. The summed E-state index contributed by atoms with van der Waals surface area (Å²) in [5.74, 6) is 0.775. The smallest absolute Gasteiger partial charge is 0.0108 e. The van der Waals surface area contributed by atoms with Crippen LogP contribution < -0.4 is 5.32 Å². The summed E-state index contributed by atoms with van der Waals surface area (Å²) in [5, 5.41) is 3.70. The Hall–Kier alpha value is -0.0800.